The third-order valence-electron chi connectivity index (χ3n) is 3.13. The molecule has 0 radical (unpaired) electrons. The number of hydrogen-bond acceptors (Lipinski definition) is 3. The molecule has 2 heterocycles. The van der Waals surface area contributed by atoms with Gasteiger partial charge in [-0.15, -0.1) is 0 Å². The molecule has 1 aromatic carbocycles. The summed E-state index contributed by atoms with van der Waals surface area (Å²) in [5, 5.41) is 4.64. The summed E-state index contributed by atoms with van der Waals surface area (Å²) in [5.41, 5.74) is 1.42. The third kappa shape index (κ3) is 2.90. The number of furan rings is 1. The number of carbonyl (C=O) groups excluding carboxylic acids is 1. The number of rotatable bonds is 3. The Balaban J connectivity index is 1.81. The Morgan fingerprint density at radius 2 is 1.95 bits per heavy atom. The van der Waals surface area contributed by atoms with E-state index in [1.165, 1.54) is 6.26 Å². The second-order valence-electron chi connectivity index (χ2n) is 4.54. The standard InChI is InChI=1S/C15H9Cl3N2O2/c16-8-4-12(17)10(13(18)5-8)6-20-14(21)11-7-22-15-9(11)2-1-3-19-15/h1-5,7H,6H2,(H,20,21). The molecule has 0 saturated heterocycles. The smallest absolute Gasteiger partial charge is 0.255 e. The molecule has 0 saturated carbocycles. The lowest BCUT2D eigenvalue weighted by atomic mass is 10.2. The predicted molar refractivity (Wildman–Crippen MR) is 86.7 cm³/mol. The molecule has 22 heavy (non-hydrogen) atoms. The average Bonchev–Trinajstić information content (AvgIpc) is 2.90. The van der Waals surface area contributed by atoms with Crippen molar-refractivity contribution in [1.29, 1.82) is 0 Å². The first-order valence-electron chi connectivity index (χ1n) is 6.30. The van der Waals surface area contributed by atoms with Gasteiger partial charge in [-0.25, -0.2) is 4.98 Å². The van der Waals surface area contributed by atoms with Gasteiger partial charge < -0.3 is 9.73 Å². The quantitative estimate of drug-likeness (QED) is 0.739. The number of fused-ring (bicyclic) bond motifs is 1. The summed E-state index contributed by atoms with van der Waals surface area (Å²) in [6, 6.07) is 6.66. The van der Waals surface area contributed by atoms with Crippen LogP contribution in [0.2, 0.25) is 15.1 Å². The summed E-state index contributed by atoms with van der Waals surface area (Å²) >= 11 is 18.0. The summed E-state index contributed by atoms with van der Waals surface area (Å²) in [5.74, 6) is -0.297. The van der Waals surface area contributed by atoms with Gasteiger partial charge in [-0.2, -0.15) is 0 Å². The van der Waals surface area contributed by atoms with Crippen LogP contribution in [0.15, 0.2) is 41.1 Å². The van der Waals surface area contributed by atoms with E-state index in [1.54, 1.807) is 30.5 Å². The van der Waals surface area contributed by atoms with Gasteiger partial charge in [-0.05, 0) is 24.3 Å². The lowest BCUT2D eigenvalue weighted by molar-refractivity contribution is 0.0952. The van der Waals surface area contributed by atoms with E-state index < -0.39 is 0 Å². The van der Waals surface area contributed by atoms with Crippen molar-refractivity contribution in [2.24, 2.45) is 0 Å². The van der Waals surface area contributed by atoms with Gasteiger partial charge in [-0.3, -0.25) is 4.79 Å². The molecule has 0 aliphatic rings. The first-order valence-corrected chi connectivity index (χ1v) is 7.43. The van der Waals surface area contributed by atoms with Crippen molar-refractivity contribution in [2.75, 3.05) is 0 Å². The van der Waals surface area contributed by atoms with Crippen LogP contribution in [0.3, 0.4) is 0 Å². The zero-order chi connectivity index (χ0) is 15.7. The largest absolute Gasteiger partial charge is 0.445 e. The van der Waals surface area contributed by atoms with E-state index in [4.69, 9.17) is 39.2 Å². The summed E-state index contributed by atoms with van der Waals surface area (Å²) < 4.78 is 5.24. The van der Waals surface area contributed by atoms with Crippen LogP contribution < -0.4 is 5.32 Å². The fourth-order valence-electron chi connectivity index (χ4n) is 2.05. The van der Waals surface area contributed by atoms with E-state index in [0.29, 0.717) is 37.3 Å². The second kappa shape index (κ2) is 6.16. The minimum Gasteiger partial charge on any atom is -0.445 e. The Bertz CT molecular complexity index is 838. The first-order chi connectivity index (χ1) is 10.6. The normalized spacial score (nSPS) is 10.9. The number of nitrogens with zero attached hydrogens (tertiary/aromatic N) is 1. The summed E-state index contributed by atoms with van der Waals surface area (Å²) in [6.07, 6.45) is 2.97. The van der Waals surface area contributed by atoms with E-state index in [0.717, 1.165) is 0 Å². The third-order valence-corrected chi connectivity index (χ3v) is 4.02. The fourth-order valence-corrected chi connectivity index (χ4v) is 3.00. The van der Waals surface area contributed by atoms with Crippen molar-refractivity contribution >= 4 is 51.8 Å². The number of hydrogen-bond donors (Lipinski definition) is 1. The average molecular weight is 356 g/mol. The van der Waals surface area contributed by atoms with E-state index in [9.17, 15) is 4.79 Å². The van der Waals surface area contributed by atoms with Crippen LogP contribution in [0.25, 0.3) is 11.1 Å². The monoisotopic (exact) mass is 354 g/mol. The number of nitrogens with one attached hydrogen (secondary N) is 1. The van der Waals surface area contributed by atoms with Crippen molar-refractivity contribution in [2.45, 2.75) is 6.54 Å². The van der Waals surface area contributed by atoms with Gasteiger partial charge in [0.25, 0.3) is 5.91 Å². The van der Waals surface area contributed by atoms with Crippen LogP contribution in [0.1, 0.15) is 15.9 Å². The maximum absolute atomic E-state index is 12.3. The number of benzene rings is 1. The van der Waals surface area contributed by atoms with Gasteiger partial charge in [0.2, 0.25) is 5.71 Å². The van der Waals surface area contributed by atoms with Gasteiger partial charge in [0, 0.05) is 33.4 Å². The maximum atomic E-state index is 12.3. The minimum atomic E-state index is -0.297. The molecule has 112 valence electrons. The first kappa shape index (κ1) is 15.2. The van der Waals surface area contributed by atoms with E-state index in [1.807, 2.05) is 0 Å². The molecule has 0 unspecified atom stereocenters. The van der Waals surface area contributed by atoms with Gasteiger partial charge >= 0.3 is 0 Å². The highest BCUT2D eigenvalue weighted by atomic mass is 35.5. The molecule has 0 aliphatic carbocycles. The van der Waals surface area contributed by atoms with Crippen LogP contribution in [-0.2, 0) is 6.54 Å². The lowest BCUT2D eigenvalue weighted by Crippen LogP contribution is -2.22. The van der Waals surface area contributed by atoms with Crippen LogP contribution in [0.5, 0.6) is 0 Å². The topological polar surface area (TPSA) is 55.1 Å². The molecule has 3 aromatic rings. The Hall–Kier alpha value is -1.75. The molecule has 7 heteroatoms. The molecule has 1 N–H and O–H groups in total. The van der Waals surface area contributed by atoms with Crippen molar-refractivity contribution < 1.29 is 9.21 Å². The van der Waals surface area contributed by atoms with E-state index >= 15 is 0 Å². The van der Waals surface area contributed by atoms with Gasteiger partial charge in [0.1, 0.15) is 6.26 Å². The Morgan fingerprint density at radius 3 is 2.68 bits per heavy atom. The number of halogens is 3. The van der Waals surface area contributed by atoms with Crippen molar-refractivity contribution in [1.82, 2.24) is 10.3 Å². The molecule has 0 atom stereocenters. The zero-order valence-electron chi connectivity index (χ0n) is 11.1. The van der Waals surface area contributed by atoms with Crippen molar-refractivity contribution in [3.8, 4) is 0 Å². The zero-order valence-corrected chi connectivity index (χ0v) is 13.3. The van der Waals surface area contributed by atoms with Crippen LogP contribution in [0.4, 0.5) is 0 Å². The van der Waals surface area contributed by atoms with Crippen molar-refractivity contribution in [3.05, 3.63) is 62.9 Å². The highest BCUT2D eigenvalue weighted by Gasteiger charge is 2.15. The second-order valence-corrected chi connectivity index (χ2v) is 5.79. The van der Waals surface area contributed by atoms with Crippen molar-refractivity contribution in [3.63, 3.8) is 0 Å². The molecule has 0 aliphatic heterocycles. The molecule has 3 rings (SSSR count). The maximum Gasteiger partial charge on any atom is 0.255 e. The fraction of sp³-hybridized carbons (Fsp3) is 0.0667. The number of pyridine rings is 1. The Morgan fingerprint density at radius 1 is 1.23 bits per heavy atom. The summed E-state index contributed by atoms with van der Waals surface area (Å²) in [6.45, 7) is 0.181. The van der Waals surface area contributed by atoms with Gasteiger partial charge in [0.15, 0.2) is 0 Å². The van der Waals surface area contributed by atoms with Crippen LogP contribution in [-0.4, -0.2) is 10.9 Å². The van der Waals surface area contributed by atoms with Gasteiger partial charge in [0.05, 0.1) is 10.9 Å². The molecular formula is C15H9Cl3N2O2. The molecular weight excluding hydrogens is 347 g/mol. The van der Waals surface area contributed by atoms with E-state index in [2.05, 4.69) is 10.3 Å². The van der Waals surface area contributed by atoms with Crippen LogP contribution in [0, 0.1) is 0 Å². The minimum absolute atomic E-state index is 0.181. The molecule has 0 bridgehead atoms. The Kier molecular flexibility index (Phi) is 4.25. The van der Waals surface area contributed by atoms with E-state index in [-0.39, 0.29) is 12.5 Å². The number of carbonyl (C=O) groups is 1. The SMILES string of the molecule is O=C(NCc1c(Cl)cc(Cl)cc1Cl)c1coc2ncccc12. The van der Waals surface area contributed by atoms with Crippen LogP contribution >= 0.6 is 34.8 Å². The molecule has 1 amide bonds. The number of aromatic nitrogens is 1. The molecule has 4 nitrogen and oxygen atoms in total. The lowest BCUT2D eigenvalue weighted by Gasteiger charge is -2.09. The summed E-state index contributed by atoms with van der Waals surface area (Å²) in [7, 11) is 0. The molecule has 0 fully saturated rings. The van der Waals surface area contributed by atoms with Gasteiger partial charge in [-0.1, -0.05) is 34.8 Å². The predicted octanol–water partition coefficient (Wildman–Crippen LogP) is 4.72. The molecule has 2 aromatic heterocycles. The Labute approximate surface area is 141 Å². The molecule has 0 spiro atoms. The number of amides is 1. The highest BCUT2D eigenvalue weighted by molar-refractivity contribution is 6.39. The summed E-state index contributed by atoms with van der Waals surface area (Å²) in [4.78, 5) is 16.3. The highest BCUT2D eigenvalue weighted by Crippen LogP contribution is 2.29.